The molecule has 0 saturated heterocycles. The number of anilines is 1. The molecule has 2 amide bonds. The fourth-order valence-electron chi connectivity index (χ4n) is 1.35. The normalized spacial score (nSPS) is 10.1. The minimum absolute atomic E-state index is 0.0866. The lowest BCUT2D eigenvalue weighted by Gasteiger charge is -2.06. The summed E-state index contributed by atoms with van der Waals surface area (Å²) in [6, 6.07) is 3.82. The van der Waals surface area contributed by atoms with E-state index in [2.05, 4.69) is 15.6 Å². The Morgan fingerprint density at radius 2 is 2.20 bits per heavy atom. The minimum atomic E-state index is -0.567. The van der Waals surface area contributed by atoms with Crippen molar-refractivity contribution in [1.29, 1.82) is 0 Å². The van der Waals surface area contributed by atoms with Crippen LogP contribution in [0.25, 0.3) is 0 Å². The number of thiazole rings is 1. The van der Waals surface area contributed by atoms with Crippen molar-refractivity contribution in [3.8, 4) is 0 Å². The molecule has 0 saturated carbocycles. The van der Waals surface area contributed by atoms with E-state index in [0.29, 0.717) is 10.6 Å². The van der Waals surface area contributed by atoms with Crippen molar-refractivity contribution in [2.45, 2.75) is 0 Å². The molecular formula is C12H9ClFN3O2S. The Kier molecular flexibility index (Phi) is 4.65. The first kappa shape index (κ1) is 14.4. The van der Waals surface area contributed by atoms with Gasteiger partial charge < -0.3 is 10.6 Å². The molecule has 1 heterocycles. The predicted octanol–water partition coefficient (Wildman–Crippen LogP) is 2.30. The van der Waals surface area contributed by atoms with Gasteiger partial charge in [-0.1, -0.05) is 11.6 Å². The second-order valence-electron chi connectivity index (χ2n) is 3.73. The Bertz CT molecular complexity index is 634. The molecule has 2 N–H and O–H groups in total. The van der Waals surface area contributed by atoms with Crippen LogP contribution in [0.5, 0.6) is 0 Å². The Labute approximate surface area is 122 Å². The number of hydrogen-bond acceptors (Lipinski definition) is 4. The van der Waals surface area contributed by atoms with Gasteiger partial charge in [-0.3, -0.25) is 14.6 Å². The Morgan fingerprint density at radius 1 is 1.40 bits per heavy atom. The first-order valence-electron chi connectivity index (χ1n) is 5.48. The smallest absolute Gasteiger partial charge is 0.263 e. The van der Waals surface area contributed by atoms with Gasteiger partial charge in [0.1, 0.15) is 10.7 Å². The number of carbonyl (C=O) groups is 2. The molecule has 20 heavy (non-hydrogen) atoms. The second-order valence-corrected chi connectivity index (χ2v) is 5.02. The third-order valence-electron chi connectivity index (χ3n) is 2.27. The maximum atomic E-state index is 12.9. The largest absolute Gasteiger partial charge is 0.342 e. The maximum absolute atomic E-state index is 12.9. The first-order chi connectivity index (χ1) is 9.56. The van der Waals surface area contributed by atoms with E-state index < -0.39 is 11.7 Å². The molecule has 0 aliphatic carbocycles. The number of hydrogen-bond donors (Lipinski definition) is 2. The third-order valence-corrected chi connectivity index (χ3v) is 3.33. The number of nitrogens with one attached hydrogen (secondary N) is 2. The van der Waals surface area contributed by atoms with Gasteiger partial charge >= 0.3 is 0 Å². The van der Waals surface area contributed by atoms with E-state index in [9.17, 15) is 14.0 Å². The van der Waals surface area contributed by atoms with Crippen molar-refractivity contribution in [3.05, 3.63) is 45.6 Å². The summed E-state index contributed by atoms with van der Waals surface area (Å²) in [5.74, 6) is -1.38. The summed E-state index contributed by atoms with van der Waals surface area (Å²) in [6.07, 6.45) is 1.41. The van der Waals surface area contributed by atoms with Crippen LogP contribution in [0, 0.1) is 5.82 Å². The first-order valence-corrected chi connectivity index (χ1v) is 6.73. The molecule has 0 atom stereocenters. The van der Waals surface area contributed by atoms with Crippen LogP contribution in [0.2, 0.25) is 5.02 Å². The van der Waals surface area contributed by atoms with Gasteiger partial charge in [-0.2, -0.15) is 0 Å². The fraction of sp³-hybridized carbons (Fsp3) is 0.0833. The van der Waals surface area contributed by atoms with E-state index in [-0.39, 0.29) is 17.5 Å². The van der Waals surface area contributed by atoms with Crippen LogP contribution < -0.4 is 10.6 Å². The molecule has 1 aromatic carbocycles. The van der Waals surface area contributed by atoms with E-state index in [0.717, 1.165) is 6.07 Å². The lowest BCUT2D eigenvalue weighted by molar-refractivity contribution is -0.115. The second kappa shape index (κ2) is 6.44. The lowest BCUT2D eigenvalue weighted by Crippen LogP contribution is -2.32. The molecule has 0 aliphatic rings. The Hall–Kier alpha value is -1.99. The number of nitrogens with zero attached hydrogens (tertiary/aromatic N) is 1. The van der Waals surface area contributed by atoms with Gasteiger partial charge in [0.15, 0.2) is 0 Å². The number of amides is 2. The lowest BCUT2D eigenvalue weighted by atomic mass is 10.3. The fourth-order valence-corrected chi connectivity index (χ4v) is 2.07. The van der Waals surface area contributed by atoms with Crippen molar-refractivity contribution >= 4 is 40.4 Å². The zero-order valence-corrected chi connectivity index (χ0v) is 11.6. The van der Waals surface area contributed by atoms with Crippen molar-refractivity contribution in [3.63, 3.8) is 0 Å². The molecule has 8 heteroatoms. The van der Waals surface area contributed by atoms with Crippen LogP contribution in [-0.4, -0.2) is 23.3 Å². The maximum Gasteiger partial charge on any atom is 0.263 e. The quantitative estimate of drug-likeness (QED) is 0.910. The zero-order valence-electron chi connectivity index (χ0n) is 10.0. The number of benzene rings is 1. The highest BCUT2D eigenvalue weighted by Crippen LogP contribution is 2.19. The van der Waals surface area contributed by atoms with Gasteiger partial charge in [0.25, 0.3) is 5.91 Å². The van der Waals surface area contributed by atoms with Crippen molar-refractivity contribution < 1.29 is 14.0 Å². The monoisotopic (exact) mass is 313 g/mol. The van der Waals surface area contributed by atoms with E-state index in [1.54, 1.807) is 0 Å². The number of aromatic nitrogens is 1. The predicted molar refractivity (Wildman–Crippen MR) is 74.5 cm³/mol. The van der Waals surface area contributed by atoms with Gasteiger partial charge in [-0.05, 0) is 18.2 Å². The highest BCUT2D eigenvalue weighted by atomic mass is 35.5. The molecule has 0 bridgehead atoms. The summed E-state index contributed by atoms with van der Waals surface area (Å²) in [7, 11) is 0. The highest BCUT2D eigenvalue weighted by molar-refractivity contribution is 7.11. The van der Waals surface area contributed by atoms with Crippen LogP contribution in [0.3, 0.4) is 0 Å². The van der Waals surface area contributed by atoms with Crippen molar-refractivity contribution in [2.75, 3.05) is 11.9 Å². The summed E-state index contributed by atoms with van der Waals surface area (Å²) >= 11 is 6.77. The summed E-state index contributed by atoms with van der Waals surface area (Å²) < 4.78 is 12.9. The molecule has 0 unspecified atom stereocenters. The summed E-state index contributed by atoms with van der Waals surface area (Å²) in [5.41, 5.74) is 1.88. The summed E-state index contributed by atoms with van der Waals surface area (Å²) in [4.78, 5) is 27.4. The van der Waals surface area contributed by atoms with Crippen LogP contribution >= 0.6 is 22.9 Å². The number of rotatable bonds is 4. The van der Waals surface area contributed by atoms with Gasteiger partial charge in [-0.25, -0.2) is 4.39 Å². The Morgan fingerprint density at radius 3 is 2.85 bits per heavy atom. The topological polar surface area (TPSA) is 71.1 Å². The van der Waals surface area contributed by atoms with Crippen LogP contribution in [0.15, 0.2) is 29.9 Å². The molecule has 5 nitrogen and oxygen atoms in total. The molecule has 104 valence electrons. The average Bonchev–Trinajstić information content (AvgIpc) is 2.94. The molecule has 2 rings (SSSR count). The third kappa shape index (κ3) is 3.75. The molecule has 0 spiro atoms. The summed E-state index contributed by atoms with van der Waals surface area (Å²) in [5, 5.41) is 4.85. The van der Waals surface area contributed by atoms with Gasteiger partial charge in [-0.15, -0.1) is 11.3 Å². The van der Waals surface area contributed by atoms with E-state index in [1.165, 1.54) is 35.2 Å². The minimum Gasteiger partial charge on any atom is -0.342 e. The average molecular weight is 314 g/mol. The van der Waals surface area contributed by atoms with Crippen LogP contribution in [-0.2, 0) is 4.79 Å². The zero-order chi connectivity index (χ0) is 14.5. The number of carbonyl (C=O) groups excluding carboxylic acids is 2. The molecule has 0 radical (unpaired) electrons. The molecule has 1 aromatic heterocycles. The Balaban J connectivity index is 1.86. The molecule has 2 aromatic rings. The van der Waals surface area contributed by atoms with E-state index in [4.69, 9.17) is 11.6 Å². The van der Waals surface area contributed by atoms with Crippen molar-refractivity contribution in [1.82, 2.24) is 10.3 Å². The standard InChI is InChI=1S/C12H9ClFN3O2S/c13-8-3-7(1-2-9(8)14)17-11(18)5-16-12(19)10-4-15-6-20-10/h1-4,6H,5H2,(H,16,19)(H,17,18). The van der Waals surface area contributed by atoms with Crippen LogP contribution in [0.1, 0.15) is 9.67 Å². The highest BCUT2D eigenvalue weighted by Gasteiger charge is 2.10. The summed E-state index contributed by atoms with van der Waals surface area (Å²) in [6.45, 7) is -0.203. The van der Waals surface area contributed by atoms with Crippen LogP contribution in [0.4, 0.5) is 10.1 Å². The van der Waals surface area contributed by atoms with E-state index >= 15 is 0 Å². The molecular weight excluding hydrogens is 305 g/mol. The van der Waals surface area contributed by atoms with Gasteiger partial charge in [0.05, 0.1) is 23.3 Å². The van der Waals surface area contributed by atoms with Crippen molar-refractivity contribution in [2.24, 2.45) is 0 Å². The van der Waals surface area contributed by atoms with Gasteiger partial charge in [0.2, 0.25) is 5.91 Å². The SMILES string of the molecule is O=C(CNC(=O)c1cncs1)Nc1ccc(F)c(Cl)c1. The van der Waals surface area contributed by atoms with E-state index in [1.807, 2.05) is 0 Å². The molecule has 0 aliphatic heterocycles. The number of halogens is 2. The molecule has 0 fully saturated rings. The van der Waals surface area contributed by atoms with Gasteiger partial charge in [0, 0.05) is 5.69 Å².